The van der Waals surface area contributed by atoms with Crippen molar-refractivity contribution in [1.29, 1.82) is 0 Å². The maximum absolute atomic E-state index is 6.10. The van der Waals surface area contributed by atoms with Crippen LogP contribution in [0.2, 0.25) is 0 Å². The lowest BCUT2D eigenvalue weighted by molar-refractivity contribution is -0.183. The van der Waals surface area contributed by atoms with Gasteiger partial charge in [0, 0.05) is 12.2 Å². The molecule has 5 rings (SSSR count). The maximum Gasteiger partial charge on any atom is 0.183 e. The van der Waals surface area contributed by atoms with Crippen LogP contribution in [0.15, 0.2) is 48.5 Å². The fourth-order valence-electron chi connectivity index (χ4n) is 4.91. The third-order valence-corrected chi connectivity index (χ3v) is 7.16. The first kappa shape index (κ1) is 29.7. The van der Waals surface area contributed by atoms with Crippen molar-refractivity contribution in [2.75, 3.05) is 19.8 Å². The first-order valence-electron chi connectivity index (χ1n) is 14.1. The molecule has 0 amide bonds. The van der Waals surface area contributed by atoms with Crippen LogP contribution < -0.4 is 22.5 Å². The summed E-state index contributed by atoms with van der Waals surface area (Å²) < 4.78 is 16.5. The summed E-state index contributed by atoms with van der Waals surface area (Å²) in [6.07, 6.45) is 12.1. The predicted octanol–water partition coefficient (Wildman–Crippen LogP) is 5.88. The molecule has 3 aliphatic rings. The van der Waals surface area contributed by atoms with Gasteiger partial charge in [-0.15, -0.1) is 0 Å². The highest BCUT2D eigenvalue weighted by molar-refractivity contribution is 5.68. The Morgan fingerprint density at radius 2 is 1.41 bits per heavy atom. The van der Waals surface area contributed by atoms with Crippen molar-refractivity contribution in [3.63, 3.8) is 0 Å². The third kappa shape index (κ3) is 10.4. The summed E-state index contributed by atoms with van der Waals surface area (Å²) in [5.41, 5.74) is 15.4. The Bertz CT molecular complexity index is 845. The summed E-state index contributed by atoms with van der Waals surface area (Å²) in [7, 11) is 0. The van der Waals surface area contributed by atoms with E-state index in [-0.39, 0.29) is 6.29 Å². The van der Waals surface area contributed by atoms with Gasteiger partial charge in [-0.1, -0.05) is 87.6 Å². The molecule has 2 aromatic rings. The zero-order valence-corrected chi connectivity index (χ0v) is 22.8. The fourth-order valence-corrected chi connectivity index (χ4v) is 4.91. The molecule has 6 N–H and O–H groups in total. The Labute approximate surface area is 223 Å². The lowest BCUT2D eigenvalue weighted by atomic mass is 9.91. The number of benzene rings is 2. The summed E-state index contributed by atoms with van der Waals surface area (Å²) >= 11 is 0. The molecule has 2 heterocycles. The van der Waals surface area contributed by atoms with Crippen molar-refractivity contribution in [3.8, 4) is 11.1 Å². The topological polar surface area (TPSA) is 104 Å². The number of rotatable bonds is 5. The highest BCUT2D eigenvalue weighted by Gasteiger charge is 2.17. The van der Waals surface area contributed by atoms with Gasteiger partial charge >= 0.3 is 0 Å². The molecule has 2 atom stereocenters. The Kier molecular flexibility index (Phi) is 13.6. The van der Waals surface area contributed by atoms with Gasteiger partial charge in [0.1, 0.15) is 0 Å². The average Bonchev–Trinajstić information content (AvgIpc) is 2.95. The van der Waals surface area contributed by atoms with E-state index in [0.29, 0.717) is 6.10 Å². The second kappa shape index (κ2) is 16.9. The van der Waals surface area contributed by atoms with Crippen molar-refractivity contribution >= 4 is 0 Å². The molecule has 206 valence electrons. The number of ether oxygens (including phenoxy) is 3. The lowest BCUT2D eigenvalue weighted by Gasteiger charge is -2.23. The van der Waals surface area contributed by atoms with Crippen LogP contribution in [0.4, 0.5) is 0 Å². The number of hydrazine groups is 2. The van der Waals surface area contributed by atoms with Gasteiger partial charge in [-0.05, 0) is 55.2 Å². The number of nitrogens with two attached hydrogens (primary N) is 2. The van der Waals surface area contributed by atoms with Gasteiger partial charge in [-0.2, -0.15) is 5.53 Å². The molecule has 1 aliphatic carbocycles. The molecule has 0 aromatic heterocycles. The molecule has 7 heteroatoms. The standard InChI is InChI=1S/C17H22N4O2.C7H14.C6H12O/c18-16(20-21-19)15-5-2-1-4-14(15)12-6-8-13(9-7-12)17-22-10-3-11-23-17;1-7-5-3-2-4-6-7;1-6-4-2-3-5-7-6/h1-2,4-9,16-17,20-21H,3,10-11,18-19H2;7H,2-6H2,1H3;6H,2-5H2,1H3. The minimum absolute atomic E-state index is 0.265. The number of nitrogens with one attached hydrogen (secondary N) is 2. The van der Waals surface area contributed by atoms with Crippen molar-refractivity contribution in [3.05, 3.63) is 59.7 Å². The summed E-state index contributed by atoms with van der Waals surface area (Å²) in [5.74, 6) is 6.32. The van der Waals surface area contributed by atoms with Gasteiger partial charge in [0.15, 0.2) is 6.29 Å². The van der Waals surface area contributed by atoms with Crippen LogP contribution in [-0.4, -0.2) is 25.9 Å². The van der Waals surface area contributed by atoms with E-state index in [4.69, 9.17) is 25.8 Å². The quantitative estimate of drug-likeness (QED) is 0.225. The van der Waals surface area contributed by atoms with Crippen molar-refractivity contribution in [1.82, 2.24) is 11.0 Å². The summed E-state index contributed by atoms with van der Waals surface area (Å²) in [6, 6.07) is 16.1. The van der Waals surface area contributed by atoms with Gasteiger partial charge in [0.2, 0.25) is 0 Å². The van der Waals surface area contributed by atoms with Crippen LogP contribution in [-0.2, 0) is 14.2 Å². The summed E-state index contributed by atoms with van der Waals surface area (Å²) in [4.78, 5) is 0. The molecule has 2 aromatic carbocycles. The SMILES string of the molecule is CC1CCCCC1.CC1CCCCO1.NNNC(N)c1ccccc1-c1ccc(C2OCCCO2)cc1. The Hall–Kier alpha value is -1.84. The molecule has 1 saturated carbocycles. The van der Waals surface area contributed by atoms with E-state index < -0.39 is 6.17 Å². The molecule has 7 nitrogen and oxygen atoms in total. The normalized spacial score (nSPS) is 21.7. The Morgan fingerprint density at radius 1 is 0.757 bits per heavy atom. The largest absolute Gasteiger partial charge is 0.379 e. The molecule has 2 unspecified atom stereocenters. The second-order valence-corrected chi connectivity index (χ2v) is 10.3. The zero-order valence-electron chi connectivity index (χ0n) is 22.8. The van der Waals surface area contributed by atoms with Gasteiger partial charge in [0.05, 0.1) is 25.5 Å². The van der Waals surface area contributed by atoms with E-state index >= 15 is 0 Å². The first-order valence-corrected chi connectivity index (χ1v) is 14.1. The molecule has 2 aliphatic heterocycles. The molecular formula is C30H48N4O3. The van der Waals surface area contributed by atoms with Crippen molar-refractivity contribution in [2.24, 2.45) is 17.5 Å². The predicted molar refractivity (Wildman–Crippen MR) is 150 cm³/mol. The highest BCUT2D eigenvalue weighted by atomic mass is 16.7. The Morgan fingerprint density at radius 3 is 1.95 bits per heavy atom. The van der Waals surface area contributed by atoms with Crippen LogP contribution in [0.1, 0.15) is 95.2 Å². The monoisotopic (exact) mass is 512 g/mol. The molecule has 0 bridgehead atoms. The van der Waals surface area contributed by atoms with Crippen molar-refractivity contribution < 1.29 is 14.2 Å². The van der Waals surface area contributed by atoms with Crippen LogP contribution in [0.3, 0.4) is 0 Å². The van der Waals surface area contributed by atoms with Crippen LogP contribution >= 0.6 is 0 Å². The fraction of sp³-hybridized carbons (Fsp3) is 0.600. The smallest absolute Gasteiger partial charge is 0.183 e. The van der Waals surface area contributed by atoms with Crippen LogP contribution in [0.5, 0.6) is 0 Å². The molecule has 0 radical (unpaired) electrons. The Balaban J connectivity index is 0.000000220. The molecule has 2 saturated heterocycles. The summed E-state index contributed by atoms with van der Waals surface area (Å²) in [6.45, 7) is 6.96. The zero-order chi connectivity index (χ0) is 26.3. The minimum Gasteiger partial charge on any atom is -0.379 e. The van der Waals surface area contributed by atoms with E-state index in [1.54, 1.807) is 0 Å². The molecule has 37 heavy (non-hydrogen) atoms. The lowest BCUT2D eigenvalue weighted by Crippen LogP contribution is -2.44. The number of hydrogen-bond donors (Lipinski definition) is 4. The van der Waals surface area contributed by atoms with E-state index in [2.05, 4.69) is 36.9 Å². The second-order valence-electron chi connectivity index (χ2n) is 10.3. The van der Waals surface area contributed by atoms with Gasteiger partial charge in [-0.25, -0.2) is 5.43 Å². The number of hydrogen-bond acceptors (Lipinski definition) is 7. The minimum atomic E-state index is -0.402. The average molecular weight is 513 g/mol. The van der Waals surface area contributed by atoms with Crippen LogP contribution in [0.25, 0.3) is 11.1 Å². The maximum atomic E-state index is 6.10. The summed E-state index contributed by atoms with van der Waals surface area (Å²) in [5, 5.41) is 0. The first-order chi connectivity index (χ1) is 18.1. The molecular weight excluding hydrogens is 464 g/mol. The van der Waals surface area contributed by atoms with Gasteiger partial charge in [-0.3, -0.25) is 5.84 Å². The van der Waals surface area contributed by atoms with Gasteiger partial charge in [0.25, 0.3) is 0 Å². The van der Waals surface area contributed by atoms with E-state index in [0.717, 1.165) is 54.4 Å². The van der Waals surface area contributed by atoms with Crippen molar-refractivity contribution in [2.45, 2.75) is 90.2 Å². The molecule has 0 spiro atoms. The van der Waals surface area contributed by atoms with E-state index in [1.807, 2.05) is 36.4 Å². The highest BCUT2D eigenvalue weighted by Crippen LogP contribution is 2.29. The van der Waals surface area contributed by atoms with Crippen LogP contribution in [0, 0.1) is 5.92 Å². The molecule has 3 fully saturated rings. The van der Waals surface area contributed by atoms with E-state index in [1.165, 1.54) is 51.4 Å². The third-order valence-electron chi connectivity index (χ3n) is 7.16. The van der Waals surface area contributed by atoms with Gasteiger partial charge < -0.3 is 19.9 Å². The van der Waals surface area contributed by atoms with E-state index in [9.17, 15) is 0 Å².